The van der Waals surface area contributed by atoms with E-state index in [9.17, 15) is 13.6 Å². The van der Waals surface area contributed by atoms with Crippen molar-refractivity contribution < 1.29 is 13.6 Å². The third-order valence-electron chi connectivity index (χ3n) is 2.46. The maximum Gasteiger partial charge on any atom is 0.326 e. The summed E-state index contributed by atoms with van der Waals surface area (Å²) in [6, 6.07) is -0.423. The molecule has 0 aromatic heterocycles. The second-order valence-electron chi connectivity index (χ2n) is 3.78. The Balaban J connectivity index is 2.87. The van der Waals surface area contributed by atoms with E-state index in [1.807, 2.05) is 6.92 Å². The van der Waals surface area contributed by atoms with E-state index in [1.54, 1.807) is 13.8 Å². The molecule has 0 radical (unpaired) electrons. The molecule has 0 spiro atoms. The normalized spacial score (nSPS) is 27.4. The number of amides is 1. The highest BCUT2D eigenvalue weighted by Crippen LogP contribution is 2.35. The molecular formula is C9H15F2NO. The minimum atomic E-state index is -3.13. The smallest absolute Gasteiger partial charge is 0.326 e. The van der Waals surface area contributed by atoms with E-state index in [2.05, 4.69) is 0 Å². The molecule has 1 amide bonds. The number of hydrogen-bond acceptors (Lipinski definition) is 1. The van der Waals surface area contributed by atoms with Gasteiger partial charge in [0.2, 0.25) is 0 Å². The van der Waals surface area contributed by atoms with Crippen LogP contribution in [0.4, 0.5) is 8.78 Å². The van der Waals surface area contributed by atoms with Crippen molar-refractivity contribution in [1.82, 2.24) is 4.90 Å². The Morgan fingerprint density at radius 3 is 2.46 bits per heavy atom. The van der Waals surface area contributed by atoms with Gasteiger partial charge in [-0.05, 0) is 20.3 Å². The van der Waals surface area contributed by atoms with E-state index in [-0.39, 0.29) is 18.5 Å². The summed E-state index contributed by atoms with van der Waals surface area (Å²) in [5, 5.41) is 0. The standard InChI is InChI=1S/C9H15F2NO/c1-4-7-5-9(10,11)8(13)12(7)6(2)3/h6-7H,4-5H2,1-3H3. The Labute approximate surface area is 76.9 Å². The molecule has 0 aliphatic carbocycles. The summed E-state index contributed by atoms with van der Waals surface area (Å²) in [4.78, 5) is 12.5. The van der Waals surface area contributed by atoms with Crippen molar-refractivity contribution in [3.63, 3.8) is 0 Å². The Morgan fingerprint density at radius 2 is 2.15 bits per heavy atom. The van der Waals surface area contributed by atoms with E-state index in [0.29, 0.717) is 6.42 Å². The summed E-state index contributed by atoms with van der Waals surface area (Å²) >= 11 is 0. The van der Waals surface area contributed by atoms with Gasteiger partial charge in [0.15, 0.2) is 0 Å². The highest BCUT2D eigenvalue weighted by molar-refractivity contribution is 5.86. The van der Waals surface area contributed by atoms with E-state index >= 15 is 0 Å². The lowest BCUT2D eigenvalue weighted by atomic mass is 10.1. The second kappa shape index (κ2) is 3.24. The molecule has 13 heavy (non-hydrogen) atoms. The number of carbonyl (C=O) groups is 1. The van der Waals surface area contributed by atoms with Crippen LogP contribution in [0.3, 0.4) is 0 Å². The minimum absolute atomic E-state index is 0.133. The number of rotatable bonds is 2. The molecule has 1 saturated heterocycles. The van der Waals surface area contributed by atoms with Gasteiger partial charge >= 0.3 is 5.92 Å². The summed E-state index contributed by atoms with van der Waals surface area (Å²) < 4.78 is 26.0. The lowest BCUT2D eigenvalue weighted by Crippen LogP contribution is -2.41. The number of halogens is 2. The number of carbonyl (C=O) groups excluding carboxylic acids is 1. The molecule has 4 heteroatoms. The maximum atomic E-state index is 13.0. The average molecular weight is 191 g/mol. The molecule has 1 aliphatic heterocycles. The van der Waals surface area contributed by atoms with Crippen molar-refractivity contribution in [2.75, 3.05) is 0 Å². The van der Waals surface area contributed by atoms with Crippen molar-refractivity contribution in [1.29, 1.82) is 0 Å². The Hall–Kier alpha value is -0.670. The molecule has 0 N–H and O–H groups in total. The quantitative estimate of drug-likeness (QED) is 0.654. The lowest BCUT2D eigenvalue weighted by Gasteiger charge is -2.26. The van der Waals surface area contributed by atoms with Crippen LogP contribution >= 0.6 is 0 Å². The van der Waals surface area contributed by atoms with Gasteiger partial charge in [-0.15, -0.1) is 0 Å². The van der Waals surface area contributed by atoms with Crippen molar-refractivity contribution in [3.8, 4) is 0 Å². The summed E-state index contributed by atoms with van der Waals surface area (Å²) in [5.41, 5.74) is 0. The van der Waals surface area contributed by atoms with E-state index in [0.717, 1.165) is 0 Å². The molecule has 0 bridgehead atoms. The molecule has 1 atom stereocenters. The zero-order valence-corrected chi connectivity index (χ0v) is 8.18. The van der Waals surface area contributed by atoms with Crippen LogP contribution in [0.2, 0.25) is 0 Å². The third kappa shape index (κ3) is 1.67. The van der Waals surface area contributed by atoms with Gasteiger partial charge in [-0.2, -0.15) is 8.78 Å². The van der Waals surface area contributed by atoms with Crippen LogP contribution in [0, 0.1) is 0 Å². The van der Waals surface area contributed by atoms with Gasteiger partial charge in [-0.3, -0.25) is 4.79 Å². The molecule has 2 nitrogen and oxygen atoms in total. The van der Waals surface area contributed by atoms with Crippen LogP contribution in [0.1, 0.15) is 33.6 Å². The predicted octanol–water partition coefficient (Wildman–Crippen LogP) is 2.04. The molecule has 1 heterocycles. The number of alkyl halides is 2. The first-order valence-electron chi connectivity index (χ1n) is 4.60. The van der Waals surface area contributed by atoms with Gasteiger partial charge < -0.3 is 4.90 Å². The monoisotopic (exact) mass is 191 g/mol. The Bertz CT molecular complexity index is 216. The Morgan fingerprint density at radius 1 is 1.62 bits per heavy atom. The SMILES string of the molecule is CCC1CC(F)(F)C(=O)N1C(C)C. The molecule has 0 aromatic rings. The van der Waals surface area contributed by atoms with Crippen LogP contribution in [0.5, 0.6) is 0 Å². The summed E-state index contributed by atoms with van der Waals surface area (Å²) in [6.45, 7) is 5.36. The van der Waals surface area contributed by atoms with Gasteiger partial charge in [0.25, 0.3) is 5.91 Å². The first-order chi connectivity index (χ1) is 5.90. The third-order valence-corrected chi connectivity index (χ3v) is 2.46. The van der Waals surface area contributed by atoms with E-state index in [1.165, 1.54) is 4.90 Å². The highest BCUT2D eigenvalue weighted by atomic mass is 19.3. The van der Waals surface area contributed by atoms with Crippen LogP contribution < -0.4 is 0 Å². The molecule has 1 aliphatic rings. The molecule has 0 aromatic carbocycles. The zero-order valence-electron chi connectivity index (χ0n) is 8.18. The molecule has 1 rings (SSSR count). The fourth-order valence-corrected chi connectivity index (χ4v) is 1.83. The summed E-state index contributed by atoms with van der Waals surface area (Å²) in [7, 11) is 0. The largest absolute Gasteiger partial charge is 0.332 e. The van der Waals surface area contributed by atoms with Crippen molar-refractivity contribution in [3.05, 3.63) is 0 Å². The second-order valence-corrected chi connectivity index (χ2v) is 3.78. The topological polar surface area (TPSA) is 20.3 Å². The molecule has 76 valence electrons. The first-order valence-corrected chi connectivity index (χ1v) is 4.60. The van der Waals surface area contributed by atoms with Gasteiger partial charge in [0.05, 0.1) is 0 Å². The molecule has 0 saturated carbocycles. The number of hydrogen-bond donors (Lipinski definition) is 0. The van der Waals surface area contributed by atoms with Crippen LogP contribution in [-0.4, -0.2) is 28.8 Å². The van der Waals surface area contributed by atoms with Gasteiger partial charge in [-0.1, -0.05) is 6.92 Å². The van der Waals surface area contributed by atoms with Gasteiger partial charge in [0.1, 0.15) is 0 Å². The molecule has 1 unspecified atom stereocenters. The number of likely N-dealkylation sites (tertiary alicyclic amines) is 1. The zero-order chi connectivity index (χ0) is 10.2. The van der Waals surface area contributed by atoms with Crippen LogP contribution in [0.15, 0.2) is 0 Å². The van der Waals surface area contributed by atoms with E-state index < -0.39 is 11.8 Å². The minimum Gasteiger partial charge on any atom is -0.332 e. The van der Waals surface area contributed by atoms with Crippen molar-refractivity contribution in [2.45, 2.75) is 51.6 Å². The van der Waals surface area contributed by atoms with Gasteiger partial charge in [0, 0.05) is 18.5 Å². The molecular weight excluding hydrogens is 176 g/mol. The fraction of sp³-hybridized carbons (Fsp3) is 0.889. The number of nitrogens with zero attached hydrogens (tertiary/aromatic N) is 1. The van der Waals surface area contributed by atoms with Gasteiger partial charge in [-0.25, -0.2) is 0 Å². The van der Waals surface area contributed by atoms with Crippen LogP contribution in [0.25, 0.3) is 0 Å². The van der Waals surface area contributed by atoms with E-state index in [4.69, 9.17) is 0 Å². The summed E-state index contributed by atoms with van der Waals surface area (Å²) in [5.74, 6) is -4.14. The highest BCUT2D eigenvalue weighted by Gasteiger charge is 2.53. The van der Waals surface area contributed by atoms with Crippen molar-refractivity contribution >= 4 is 5.91 Å². The Kier molecular flexibility index (Phi) is 2.59. The summed E-state index contributed by atoms with van der Waals surface area (Å²) in [6.07, 6.45) is 0.278. The predicted molar refractivity (Wildman–Crippen MR) is 45.6 cm³/mol. The molecule has 1 fully saturated rings. The fourth-order valence-electron chi connectivity index (χ4n) is 1.83. The maximum absolute atomic E-state index is 13.0. The van der Waals surface area contributed by atoms with Crippen LogP contribution in [-0.2, 0) is 4.79 Å². The first kappa shape index (κ1) is 10.4. The average Bonchev–Trinajstić information content (AvgIpc) is 2.23. The lowest BCUT2D eigenvalue weighted by molar-refractivity contribution is -0.149. The van der Waals surface area contributed by atoms with Crippen molar-refractivity contribution in [2.24, 2.45) is 0 Å².